The molecule has 1 unspecified atom stereocenters. The monoisotopic (exact) mass is 584 g/mol. The molecule has 10 heteroatoms. The van der Waals surface area contributed by atoms with Crippen LogP contribution in [0.25, 0.3) is 0 Å². The van der Waals surface area contributed by atoms with Crippen LogP contribution in [0.15, 0.2) is 86.4 Å². The molecule has 0 saturated carbocycles. The highest BCUT2D eigenvalue weighted by Gasteiger charge is 2.34. The van der Waals surface area contributed by atoms with Gasteiger partial charge in [0, 0.05) is 24.5 Å². The van der Waals surface area contributed by atoms with Gasteiger partial charge in [-0.2, -0.15) is 10.2 Å². The first-order valence-corrected chi connectivity index (χ1v) is 15.6. The Morgan fingerprint density at radius 3 is 2.62 bits per heavy atom. The number of nitrogens with one attached hydrogen (secondary N) is 1. The summed E-state index contributed by atoms with van der Waals surface area (Å²) < 4.78 is 29.2. The molecular formula is C32H32N4O5S. The zero-order chi connectivity index (χ0) is 30.0. The maximum Gasteiger partial charge on any atom is 0.296 e. The lowest BCUT2D eigenvalue weighted by molar-refractivity contribution is -0.116. The molecule has 0 saturated heterocycles. The summed E-state index contributed by atoms with van der Waals surface area (Å²) >= 11 is 0. The van der Waals surface area contributed by atoms with Crippen molar-refractivity contribution in [1.82, 2.24) is 14.9 Å². The van der Waals surface area contributed by atoms with Crippen LogP contribution in [0.5, 0.6) is 5.88 Å². The van der Waals surface area contributed by atoms with Crippen LogP contribution in [0.2, 0.25) is 0 Å². The number of sulfone groups is 1. The molecule has 2 heterocycles. The normalized spacial score (nSPS) is 17.1. The molecule has 0 bridgehead atoms. The van der Waals surface area contributed by atoms with Crippen LogP contribution in [0.3, 0.4) is 0 Å². The number of amides is 1. The molecule has 1 aliphatic carbocycles. The number of hydrogen-bond donors (Lipinski definition) is 2. The summed E-state index contributed by atoms with van der Waals surface area (Å²) in [6, 6.07) is 14.5. The van der Waals surface area contributed by atoms with Crippen molar-refractivity contribution in [1.29, 1.82) is 5.26 Å². The van der Waals surface area contributed by atoms with E-state index in [2.05, 4.69) is 16.4 Å². The summed E-state index contributed by atoms with van der Waals surface area (Å²) in [5.74, 6) is -0.716. The van der Waals surface area contributed by atoms with Crippen molar-refractivity contribution in [2.24, 2.45) is 0 Å². The van der Waals surface area contributed by atoms with Crippen LogP contribution in [0.1, 0.15) is 74.0 Å². The summed E-state index contributed by atoms with van der Waals surface area (Å²) in [4.78, 5) is 28.9. The van der Waals surface area contributed by atoms with E-state index >= 15 is 0 Å². The minimum Gasteiger partial charge on any atom is -0.493 e. The summed E-state index contributed by atoms with van der Waals surface area (Å²) in [5, 5.41) is 23.8. The Kier molecular flexibility index (Phi) is 8.14. The largest absolute Gasteiger partial charge is 0.493 e. The molecule has 42 heavy (non-hydrogen) atoms. The Morgan fingerprint density at radius 1 is 1.17 bits per heavy atom. The second-order valence-corrected chi connectivity index (χ2v) is 12.4. The maximum atomic E-state index is 13.9. The quantitative estimate of drug-likeness (QED) is 0.378. The second-order valence-electron chi connectivity index (χ2n) is 10.5. The number of nitrogens with zero attached hydrogens (tertiary/aromatic N) is 3. The number of nitriles is 1. The van der Waals surface area contributed by atoms with Crippen molar-refractivity contribution in [3.05, 3.63) is 105 Å². The molecule has 0 fully saturated rings. The van der Waals surface area contributed by atoms with Crippen LogP contribution in [0.4, 0.5) is 0 Å². The topological polar surface area (TPSA) is 142 Å². The van der Waals surface area contributed by atoms with Gasteiger partial charge < -0.3 is 10.4 Å². The molecule has 3 aromatic rings. The Labute approximate surface area is 244 Å². The number of aromatic nitrogens is 2. The molecule has 2 aliphatic rings. The van der Waals surface area contributed by atoms with Gasteiger partial charge in [-0.15, -0.1) is 0 Å². The van der Waals surface area contributed by atoms with Gasteiger partial charge in [-0.1, -0.05) is 56.7 Å². The van der Waals surface area contributed by atoms with Gasteiger partial charge in [0.1, 0.15) is 5.82 Å². The molecule has 216 valence electrons. The maximum absolute atomic E-state index is 13.9. The fraction of sp³-hybridized carbons (Fsp3) is 0.312. The van der Waals surface area contributed by atoms with Gasteiger partial charge >= 0.3 is 0 Å². The highest BCUT2D eigenvalue weighted by Crippen LogP contribution is 2.38. The van der Waals surface area contributed by atoms with Crippen LogP contribution >= 0.6 is 0 Å². The predicted octanol–water partition coefficient (Wildman–Crippen LogP) is 4.47. The summed E-state index contributed by atoms with van der Waals surface area (Å²) in [6.45, 7) is 4.34. The fourth-order valence-electron chi connectivity index (χ4n) is 5.81. The van der Waals surface area contributed by atoms with Gasteiger partial charge in [-0.25, -0.2) is 8.42 Å². The highest BCUT2D eigenvalue weighted by molar-refractivity contribution is 7.91. The van der Waals surface area contributed by atoms with Gasteiger partial charge in [0.15, 0.2) is 4.90 Å². The number of allylic oxidation sites excluding steroid dienone is 1. The first-order chi connectivity index (χ1) is 20.2. The third-order valence-corrected chi connectivity index (χ3v) is 9.71. The summed E-state index contributed by atoms with van der Waals surface area (Å²) in [5.41, 5.74) is 2.49. The first kappa shape index (κ1) is 29.0. The average molecular weight is 585 g/mol. The number of hydrogen-bond acceptors (Lipinski definition) is 7. The summed E-state index contributed by atoms with van der Waals surface area (Å²) in [6.07, 6.45) is 6.84. The van der Waals surface area contributed by atoms with E-state index in [1.54, 1.807) is 36.4 Å². The molecule has 9 nitrogen and oxygen atoms in total. The number of carbonyl (C=O) groups is 1. The average Bonchev–Trinajstić information content (AvgIpc) is 3.38. The van der Waals surface area contributed by atoms with Gasteiger partial charge in [-0.05, 0) is 60.2 Å². The lowest BCUT2D eigenvalue weighted by Gasteiger charge is -2.25. The number of unbranched alkanes of at least 4 members (excludes halogenated alkanes) is 1. The molecule has 0 spiro atoms. The van der Waals surface area contributed by atoms with Crippen molar-refractivity contribution in [3.8, 4) is 11.9 Å². The number of benzene rings is 2. The lowest BCUT2D eigenvalue weighted by atomic mass is 9.83. The SMILES string of the molecule is CCCCc1nc(=O)c(S(=O)(=O)c2ccc(C3CC=CC4=C3C(=O)NC4)cc2)c(O)n1[C@@H](CC)c1cccc(C#N)c1. The zero-order valence-corrected chi connectivity index (χ0v) is 24.3. The first-order valence-electron chi connectivity index (χ1n) is 14.1. The third-order valence-electron chi connectivity index (χ3n) is 7.92. The fourth-order valence-corrected chi connectivity index (χ4v) is 7.16. The Bertz CT molecular complexity index is 1810. The molecule has 2 N–H and O–H groups in total. The van der Waals surface area contributed by atoms with E-state index in [4.69, 9.17) is 0 Å². The van der Waals surface area contributed by atoms with Crippen LogP contribution in [-0.4, -0.2) is 35.5 Å². The van der Waals surface area contributed by atoms with Gasteiger partial charge in [0.05, 0.1) is 22.6 Å². The van der Waals surface area contributed by atoms with Crippen molar-refractivity contribution in [2.45, 2.75) is 67.7 Å². The van der Waals surface area contributed by atoms with Gasteiger partial charge in [0.25, 0.3) is 5.56 Å². The molecule has 0 radical (unpaired) electrons. The zero-order valence-electron chi connectivity index (χ0n) is 23.5. The van der Waals surface area contributed by atoms with Crippen molar-refractivity contribution >= 4 is 15.7 Å². The minimum absolute atomic E-state index is 0.124. The van der Waals surface area contributed by atoms with Crippen LogP contribution in [-0.2, 0) is 21.1 Å². The molecule has 2 atom stereocenters. The van der Waals surface area contributed by atoms with Crippen molar-refractivity contribution < 1.29 is 18.3 Å². The lowest BCUT2D eigenvalue weighted by Crippen LogP contribution is -2.27. The number of aromatic hydroxyl groups is 1. The van der Waals surface area contributed by atoms with E-state index in [-0.39, 0.29) is 22.5 Å². The Balaban J connectivity index is 1.59. The van der Waals surface area contributed by atoms with Crippen molar-refractivity contribution in [2.75, 3.05) is 6.54 Å². The number of aryl methyl sites for hydroxylation is 1. The minimum atomic E-state index is -4.48. The smallest absolute Gasteiger partial charge is 0.296 e. The Morgan fingerprint density at radius 2 is 1.93 bits per heavy atom. The Hall–Kier alpha value is -4.49. The van der Waals surface area contributed by atoms with Crippen molar-refractivity contribution in [3.63, 3.8) is 0 Å². The molecule has 1 amide bonds. The van der Waals surface area contributed by atoms with Gasteiger partial charge in [-0.3, -0.25) is 14.2 Å². The second kappa shape index (κ2) is 11.8. The van der Waals surface area contributed by atoms with E-state index in [0.29, 0.717) is 48.9 Å². The molecular weight excluding hydrogens is 552 g/mol. The standard InChI is InChI=1S/C32H32N4O5S/c1-3-5-12-27-35-31(38)29(32(39)36(27)26(4-2)22-9-6-8-20(17-22)18-33)42(40,41)24-15-13-21(14-16-24)25-11-7-10-23-19-34-30(37)28(23)25/h6-10,13-17,25-26,39H,3-5,11-12,19H2,1-2H3,(H,34,37)/t25?,26-/m0/s1. The third kappa shape index (κ3) is 5.16. The van der Waals surface area contributed by atoms with E-state index in [1.807, 2.05) is 26.0 Å². The van der Waals surface area contributed by atoms with Gasteiger partial charge in [0.2, 0.25) is 21.6 Å². The number of carbonyl (C=O) groups excluding carboxylic acids is 1. The molecule has 1 aliphatic heterocycles. The van der Waals surface area contributed by atoms with Crippen LogP contribution in [0, 0.1) is 11.3 Å². The van der Waals surface area contributed by atoms with E-state index in [1.165, 1.54) is 16.7 Å². The highest BCUT2D eigenvalue weighted by atomic mass is 32.2. The van der Waals surface area contributed by atoms with E-state index in [9.17, 15) is 28.4 Å². The summed E-state index contributed by atoms with van der Waals surface area (Å²) in [7, 11) is -4.48. The molecule has 5 rings (SSSR count). The predicted molar refractivity (Wildman–Crippen MR) is 157 cm³/mol. The van der Waals surface area contributed by atoms with E-state index in [0.717, 1.165) is 17.6 Å². The number of rotatable bonds is 9. The van der Waals surface area contributed by atoms with E-state index < -0.39 is 32.2 Å². The van der Waals surface area contributed by atoms with Crippen LogP contribution < -0.4 is 10.9 Å². The molecule has 1 aromatic heterocycles. The molecule has 2 aromatic carbocycles.